The van der Waals surface area contributed by atoms with Crippen molar-refractivity contribution in [2.24, 2.45) is 5.92 Å². The highest BCUT2D eigenvalue weighted by Gasteiger charge is 2.17. The predicted molar refractivity (Wildman–Crippen MR) is 52.7 cm³/mol. The molecule has 0 aliphatic heterocycles. The predicted octanol–water partition coefficient (Wildman–Crippen LogP) is 2.41. The maximum absolute atomic E-state index is 5.31. The molecule has 12 heavy (non-hydrogen) atoms. The van der Waals surface area contributed by atoms with Crippen molar-refractivity contribution in [1.29, 1.82) is 0 Å². The van der Waals surface area contributed by atoms with Gasteiger partial charge in [0.05, 0.1) is 0 Å². The summed E-state index contributed by atoms with van der Waals surface area (Å²) in [4.78, 5) is 0. The van der Waals surface area contributed by atoms with Crippen LogP contribution >= 0.6 is 22.6 Å². The number of aromatic nitrogens is 2. The minimum atomic E-state index is 0.653. The molecular weight excluding hydrogens is 267 g/mol. The lowest BCUT2D eigenvalue weighted by molar-refractivity contribution is 0.418. The second kappa shape index (κ2) is 3.72. The van der Waals surface area contributed by atoms with E-state index in [1.54, 1.807) is 0 Å². The molecule has 0 bridgehead atoms. The first-order chi connectivity index (χ1) is 5.84. The van der Waals surface area contributed by atoms with E-state index < -0.39 is 0 Å². The Morgan fingerprint density at radius 2 is 2.08 bits per heavy atom. The third kappa shape index (κ3) is 1.97. The van der Waals surface area contributed by atoms with Crippen molar-refractivity contribution in [2.45, 2.75) is 32.1 Å². The van der Waals surface area contributed by atoms with Crippen LogP contribution in [0.25, 0.3) is 0 Å². The molecule has 0 unspecified atom stereocenters. The molecule has 0 aromatic carbocycles. The molecule has 1 aromatic rings. The van der Waals surface area contributed by atoms with Crippen molar-refractivity contribution in [3.63, 3.8) is 0 Å². The monoisotopic (exact) mass is 278 g/mol. The molecule has 0 amide bonds. The maximum atomic E-state index is 5.31. The van der Waals surface area contributed by atoms with Crippen LogP contribution in [0.5, 0.6) is 0 Å². The standard InChI is InChI=1S/C8H11IN2O/c9-8-11-10-7(12-8)5-6-3-1-2-4-6/h6H,1-5H2. The fourth-order valence-corrected chi connectivity index (χ4v) is 2.14. The minimum absolute atomic E-state index is 0.653. The van der Waals surface area contributed by atoms with Crippen LogP contribution in [0.3, 0.4) is 0 Å². The van der Waals surface area contributed by atoms with Crippen molar-refractivity contribution in [3.05, 3.63) is 9.79 Å². The van der Waals surface area contributed by atoms with Gasteiger partial charge in [0.2, 0.25) is 5.89 Å². The molecule has 1 fully saturated rings. The van der Waals surface area contributed by atoms with Crippen molar-refractivity contribution in [3.8, 4) is 0 Å². The Kier molecular flexibility index (Phi) is 2.63. The van der Waals surface area contributed by atoms with Gasteiger partial charge < -0.3 is 4.42 Å². The summed E-state index contributed by atoms with van der Waals surface area (Å²) in [5.74, 6) is 1.60. The molecule has 3 nitrogen and oxygen atoms in total. The van der Waals surface area contributed by atoms with E-state index in [0.29, 0.717) is 3.90 Å². The first-order valence-electron chi connectivity index (χ1n) is 4.32. The van der Waals surface area contributed by atoms with Crippen LogP contribution in [0, 0.1) is 9.82 Å². The van der Waals surface area contributed by atoms with E-state index in [1.165, 1.54) is 25.7 Å². The highest BCUT2D eigenvalue weighted by Crippen LogP contribution is 2.27. The Labute approximate surface area is 85.1 Å². The average Bonchev–Trinajstić information content (AvgIpc) is 2.63. The first kappa shape index (κ1) is 8.47. The molecule has 0 atom stereocenters. The highest BCUT2D eigenvalue weighted by molar-refractivity contribution is 14.1. The number of rotatable bonds is 2. The largest absolute Gasteiger partial charge is 0.416 e. The lowest BCUT2D eigenvalue weighted by atomic mass is 10.0. The minimum Gasteiger partial charge on any atom is -0.416 e. The summed E-state index contributed by atoms with van der Waals surface area (Å²) < 4.78 is 5.96. The Balaban J connectivity index is 1.94. The van der Waals surface area contributed by atoms with Gasteiger partial charge in [0.25, 0.3) is 3.90 Å². The van der Waals surface area contributed by atoms with Gasteiger partial charge >= 0.3 is 0 Å². The molecule has 1 heterocycles. The summed E-state index contributed by atoms with van der Waals surface area (Å²) in [6, 6.07) is 0. The summed E-state index contributed by atoms with van der Waals surface area (Å²) in [6.07, 6.45) is 6.39. The molecule has 0 radical (unpaired) electrons. The van der Waals surface area contributed by atoms with Gasteiger partial charge in [-0.3, -0.25) is 0 Å². The molecule has 1 aromatic heterocycles. The summed E-state index contributed by atoms with van der Waals surface area (Å²) in [5.41, 5.74) is 0. The van der Waals surface area contributed by atoms with Gasteiger partial charge in [-0.2, -0.15) is 0 Å². The Hall–Kier alpha value is -0.130. The fourth-order valence-electron chi connectivity index (χ4n) is 1.78. The zero-order chi connectivity index (χ0) is 8.39. The van der Waals surface area contributed by atoms with Crippen molar-refractivity contribution in [2.75, 3.05) is 0 Å². The van der Waals surface area contributed by atoms with E-state index >= 15 is 0 Å². The smallest absolute Gasteiger partial charge is 0.278 e. The molecule has 0 saturated heterocycles. The molecule has 4 heteroatoms. The van der Waals surface area contributed by atoms with Gasteiger partial charge in [-0.05, 0) is 18.8 Å². The third-order valence-corrected chi connectivity index (χ3v) is 2.82. The van der Waals surface area contributed by atoms with Gasteiger partial charge in [-0.25, -0.2) is 0 Å². The fraction of sp³-hybridized carbons (Fsp3) is 0.750. The molecule has 1 aliphatic carbocycles. The number of hydrogen-bond acceptors (Lipinski definition) is 3. The molecule has 66 valence electrons. The van der Waals surface area contributed by atoms with Crippen LogP contribution in [0.4, 0.5) is 0 Å². The molecular formula is C8H11IN2O. The summed E-state index contributed by atoms with van der Waals surface area (Å²) in [6.45, 7) is 0. The maximum Gasteiger partial charge on any atom is 0.278 e. The van der Waals surface area contributed by atoms with Crippen LogP contribution in [-0.4, -0.2) is 10.2 Å². The highest BCUT2D eigenvalue weighted by atomic mass is 127. The van der Waals surface area contributed by atoms with Gasteiger partial charge in [-0.15, -0.1) is 10.2 Å². The molecule has 1 aliphatic rings. The lowest BCUT2D eigenvalue weighted by Crippen LogP contribution is -1.98. The summed E-state index contributed by atoms with van der Waals surface area (Å²) in [5, 5.41) is 7.78. The Bertz CT molecular complexity index is 255. The quantitative estimate of drug-likeness (QED) is 0.780. The number of nitrogens with zero attached hydrogens (tertiary/aromatic N) is 2. The van der Waals surface area contributed by atoms with Gasteiger partial charge in [0, 0.05) is 29.0 Å². The van der Waals surface area contributed by atoms with E-state index in [2.05, 4.69) is 10.2 Å². The van der Waals surface area contributed by atoms with Crippen LogP contribution in [0.2, 0.25) is 0 Å². The van der Waals surface area contributed by atoms with E-state index in [0.717, 1.165) is 18.2 Å². The van der Waals surface area contributed by atoms with Crippen LogP contribution < -0.4 is 0 Å². The van der Waals surface area contributed by atoms with E-state index in [9.17, 15) is 0 Å². The normalized spacial score (nSPS) is 18.8. The zero-order valence-corrected chi connectivity index (χ0v) is 8.95. The summed E-state index contributed by atoms with van der Waals surface area (Å²) >= 11 is 2.05. The molecule has 2 rings (SSSR count). The Morgan fingerprint density at radius 3 is 2.67 bits per heavy atom. The lowest BCUT2D eigenvalue weighted by Gasteiger charge is -2.02. The van der Waals surface area contributed by atoms with E-state index in [-0.39, 0.29) is 0 Å². The van der Waals surface area contributed by atoms with Crippen LogP contribution in [0.1, 0.15) is 31.6 Å². The molecule has 0 spiro atoms. The van der Waals surface area contributed by atoms with Gasteiger partial charge in [0.1, 0.15) is 0 Å². The van der Waals surface area contributed by atoms with Crippen molar-refractivity contribution >= 4 is 22.6 Å². The Morgan fingerprint density at radius 1 is 1.33 bits per heavy atom. The topological polar surface area (TPSA) is 38.9 Å². The second-order valence-electron chi connectivity index (χ2n) is 3.30. The van der Waals surface area contributed by atoms with E-state index in [4.69, 9.17) is 4.42 Å². The second-order valence-corrected chi connectivity index (χ2v) is 4.23. The molecule has 1 saturated carbocycles. The zero-order valence-electron chi connectivity index (χ0n) is 6.79. The first-order valence-corrected chi connectivity index (χ1v) is 5.40. The molecule has 0 N–H and O–H groups in total. The van der Waals surface area contributed by atoms with Crippen LogP contribution in [-0.2, 0) is 6.42 Å². The van der Waals surface area contributed by atoms with Crippen LogP contribution in [0.15, 0.2) is 4.42 Å². The summed E-state index contributed by atoms with van der Waals surface area (Å²) in [7, 11) is 0. The van der Waals surface area contributed by atoms with Crippen molar-refractivity contribution in [1.82, 2.24) is 10.2 Å². The average molecular weight is 278 g/mol. The van der Waals surface area contributed by atoms with Gasteiger partial charge in [0.15, 0.2) is 0 Å². The third-order valence-electron chi connectivity index (χ3n) is 2.38. The van der Waals surface area contributed by atoms with E-state index in [1.807, 2.05) is 22.6 Å². The van der Waals surface area contributed by atoms with Crippen molar-refractivity contribution < 1.29 is 4.42 Å². The number of hydrogen-bond donors (Lipinski definition) is 0. The van der Waals surface area contributed by atoms with Gasteiger partial charge in [-0.1, -0.05) is 12.8 Å². The SMILES string of the molecule is Ic1nnc(CC2CCCC2)o1. The number of halogens is 1.